The molecule has 0 atom stereocenters. The SMILES string of the molecule is Nc1n[nH]c2cc(-c3ccc(O)cc3)c(Cc3c(F)cccc3F)cc12. The number of phenols is 1. The first kappa shape index (κ1) is 16.1. The quantitative estimate of drug-likeness (QED) is 0.512. The monoisotopic (exact) mass is 351 g/mol. The predicted molar refractivity (Wildman–Crippen MR) is 96.8 cm³/mol. The van der Waals surface area contributed by atoms with Crippen LogP contribution < -0.4 is 5.73 Å². The number of H-pyrrole nitrogens is 1. The van der Waals surface area contributed by atoms with Crippen molar-refractivity contribution in [2.24, 2.45) is 0 Å². The van der Waals surface area contributed by atoms with Gasteiger partial charge in [0.1, 0.15) is 17.4 Å². The molecule has 4 nitrogen and oxygen atoms in total. The smallest absolute Gasteiger partial charge is 0.153 e. The zero-order valence-electron chi connectivity index (χ0n) is 13.6. The minimum absolute atomic E-state index is 0.00561. The molecule has 0 unspecified atom stereocenters. The van der Waals surface area contributed by atoms with Gasteiger partial charge in [0.15, 0.2) is 5.82 Å². The summed E-state index contributed by atoms with van der Waals surface area (Å²) in [6.45, 7) is 0. The van der Waals surface area contributed by atoms with Gasteiger partial charge in [-0.2, -0.15) is 5.10 Å². The predicted octanol–water partition coefficient (Wildman–Crippen LogP) is 4.39. The van der Waals surface area contributed by atoms with Gasteiger partial charge in [-0.15, -0.1) is 0 Å². The van der Waals surface area contributed by atoms with Gasteiger partial charge in [0.2, 0.25) is 0 Å². The number of fused-ring (bicyclic) bond motifs is 1. The molecule has 0 amide bonds. The van der Waals surface area contributed by atoms with Gasteiger partial charge in [-0.1, -0.05) is 18.2 Å². The lowest BCUT2D eigenvalue weighted by atomic mass is 9.93. The fourth-order valence-electron chi connectivity index (χ4n) is 3.08. The Morgan fingerprint density at radius 3 is 2.38 bits per heavy atom. The fourth-order valence-corrected chi connectivity index (χ4v) is 3.08. The first-order valence-corrected chi connectivity index (χ1v) is 8.01. The van der Waals surface area contributed by atoms with Gasteiger partial charge in [-0.3, -0.25) is 5.10 Å². The Hall–Kier alpha value is -3.41. The van der Waals surface area contributed by atoms with Crippen LogP contribution in [0.15, 0.2) is 54.6 Å². The molecule has 3 aromatic carbocycles. The summed E-state index contributed by atoms with van der Waals surface area (Å²) in [6, 6.07) is 14.1. The number of benzene rings is 3. The Bertz CT molecular complexity index is 1080. The van der Waals surface area contributed by atoms with E-state index in [0.717, 1.165) is 16.6 Å². The van der Waals surface area contributed by atoms with Crippen LogP contribution >= 0.6 is 0 Å². The van der Waals surface area contributed by atoms with Crippen molar-refractivity contribution in [1.29, 1.82) is 0 Å². The topological polar surface area (TPSA) is 74.9 Å². The summed E-state index contributed by atoms with van der Waals surface area (Å²) >= 11 is 0. The Kier molecular flexibility index (Phi) is 3.80. The molecule has 0 spiro atoms. The van der Waals surface area contributed by atoms with Gasteiger partial charge in [-0.05, 0) is 53.1 Å². The van der Waals surface area contributed by atoms with Crippen molar-refractivity contribution in [1.82, 2.24) is 10.2 Å². The molecule has 4 aromatic rings. The van der Waals surface area contributed by atoms with Crippen molar-refractivity contribution < 1.29 is 13.9 Å². The Balaban J connectivity index is 1.92. The van der Waals surface area contributed by atoms with Crippen LogP contribution in [0, 0.1) is 11.6 Å². The van der Waals surface area contributed by atoms with Crippen LogP contribution in [0.5, 0.6) is 5.75 Å². The number of anilines is 1. The number of halogens is 2. The Morgan fingerprint density at radius 2 is 1.69 bits per heavy atom. The summed E-state index contributed by atoms with van der Waals surface area (Å²) in [5, 5.41) is 17.1. The second kappa shape index (κ2) is 6.15. The highest BCUT2D eigenvalue weighted by Crippen LogP contribution is 2.33. The van der Waals surface area contributed by atoms with Crippen LogP contribution in [0.3, 0.4) is 0 Å². The first-order chi connectivity index (χ1) is 12.5. The number of phenolic OH excluding ortho intramolecular Hbond substituents is 1. The number of hydrogen-bond donors (Lipinski definition) is 3. The van der Waals surface area contributed by atoms with E-state index in [0.29, 0.717) is 16.8 Å². The van der Waals surface area contributed by atoms with Crippen LogP contribution in [0.1, 0.15) is 11.1 Å². The third kappa shape index (κ3) is 2.75. The molecule has 1 aromatic heterocycles. The summed E-state index contributed by atoms with van der Waals surface area (Å²) in [5.74, 6) is -0.723. The molecule has 4 N–H and O–H groups in total. The molecule has 4 rings (SSSR count). The summed E-state index contributed by atoms with van der Waals surface area (Å²) < 4.78 is 28.3. The molecule has 0 fully saturated rings. The molecule has 0 bridgehead atoms. The molecule has 130 valence electrons. The summed E-state index contributed by atoms with van der Waals surface area (Å²) in [7, 11) is 0. The van der Waals surface area contributed by atoms with Crippen molar-refractivity contribution in [2.75, 3.05) is 5.73 Å². The van der Waals surface area contributed by atoms with Crippen LogP contribution in [-0.2, 0) is 6.42 Å². The highest BCUT2D eigenvalue weighted by molar-refractivity contribution is 5.93. The summed E-state index contributed by atoms with van der Waals surface area (Å²) in [6.07, 6.45) is 0.0648. The third-order valence-corrected chi connectivity index (χ3v) is 4.42. The van der Waals surface area contributed by atoms with E-state index in [9.17, 15) is 13.9 Å². The molecule has 0 saturated carbocycles. The largest absolute Gasteiger partial charge is 0.508 e. The lowest BCUT2D eigenvalue weighted by Crippen LogP contribution is -1.99. The maximum absolute atomic E-state index is 14.1. The van der Waals surface area contributed by atoms with E-state index in [2.05, 4.69) is 10.2 Å². The van der Waals surface area contributed by atoms with E-state index in [1.807, 2.05) is 6.07 Å². The lowest BCUT2D eigenvalue weighted by molar-refractivity contribution is 0.475. The third-order valence-electron chi connectivity index (χ3n) is 4.42. The fraction of sp³-hybridized carbons (Fsp3) is 0.0500. The number of nitrogens with zero attached hydrogens (tertiary/aromatic N) is 1. The van der Waals surface area contributed by atoms with E-state index in [4.69, 9.17) is 5.73 Å². The minimum Gasteiger partial charge on any atom is -0.508 e. The molecule has 0 aliphatic carbocycles. The molecule has 26 heavy (non-hydrogen) atoms. The molecule has 1 heterocycles. The van der Waals surface area contributed by atoms with E-state index in [-0.39, 0.29) is 17.7 Å². The van der Waals surface area contributed by atoms with E-state index in [1.54, 1.807) is 30.3 Å². The number of hydrogen-bond acceptors (Lipinski definition) is 3. The van der Waals surface area contributed by atoms with E-state index in [1.165, 1.54) is 18.2 Å². The van der Waals surface area contributed by atoms with Gasteiger partial charge in [0.25, 0.3) is 0 Å². The van der Waals surface area contributed by atoms with Gasteiger partial charge in [0, 0.05) is 17.4 Å². The standard InChI is InChI=1S/C20H15F2N3O/c21-17-2-1-3-18(22)15(17)8-12-9-16-19(24-25-20(16)23)10-14(12)11-4-6-13(26)7-5-11/h1-7,9-10,26H,8H2,(H3,23,24,25). The van der Waals surface area contributed by atoms with Gasteiger partial charge < -0.3 is 10.8 Å². The average molecular weight is 351 g/mol. The van der Waals surface area contributed by atoms with Crippen molar-refractivity contribution in [3.05, 3.63) is 77.4 Å². The molecule has 0 aliphatic rings. The highest BCUT2D eigenvalue weighted by atomic mass is 19.1. The number of nitrogen functional groups attached to an aromatic ring is 1. The van der Waals surface area contributed by atoms with Crippen LogP contribution in [0.4, 0.5) is 14.6 Å². The maximum atomic E-state index is 14.1. The zero-order chi connectivity index (χ0) is 18.3. The molecular weight excluding hydrogens is 336 g/mol. The number of aromatic amines is 1. The number of nitrogens with one attached hydrogen (secondary N) is 1. The highest BCUT2D eigenvalue weighted by Gasteiger charge is 2.15. The van der Waals surface area contributed by atoms with Crippen molar-refractivity contribution in [2.45, 2.75) is 6.42 Å². The maximum Gasteiger partial charge on any atom is 0.153 e. The summed E-state index contributed by atoms with van der Waals surface area (Å²) in [5.41, 5.74) is 8.90. The zero-order valence-corrected chi connectivity index (χ0v) is 13.6. The van der Waals surface area contributed by atoms with Crippen molar-refractivity contribution in [3.63, 3.8) is 0 Å². The molecule has 0 radical (unpaired) electrons. The average Bonchev–Trinajstić information content (AvgIpc) is 2.99. The molecule has 0 aliphatic heterocycles. The van der Waals surface area contributed by atoms with Crippen molar-refractivity contribution in [3.8, 4) is 16.9 Å². The van der Waals surface area contributed by atoms with E-state index < -0.39 is 11.6 Å². The van der Waals surface area contributed by atoms with Gasteiger partial charge in [-0.25, -0.2) is 8.78 Å². The normalized spacial score (nSPS) is 11.2. The Labute approximate surface area is 147 Å². The lowest BCUT2D eigenvalue weighted by Gasteiger charge is -2.12. The Morgan fingerprint density at radius 1 is 1.00 bits per heavy atom. The number of nitrogens with two attached hydrogens (primary N) is 1. The molecule has 6 heteroatoms. The van der Waals surface area contributed by atoms with E-state index >= 15 is 0 Å². The second-order valence-electron chi connectivity index (χ2n) is 6.09. The molecule has 0 saturated heterocycles. The van der Waals surface area contributed by atoms with Crippen LogP contribution in [0.2, 0.25) is 0 Å². The van der Waals surface area contributed by atoms with Crippen LogP contribution in [0.25, 0.3) is 22.0 Å². The minimum atomic E-state index is -0.595. The number of rotatable bonds is 3. The number of aromatic hydroxyl groups is 1. The van der Waals surface area contributed by atoms with Gasteiger partial charge >= 0.3 is 0 Å². The second-order valence-corrected chi connectivity index (χ2v) is 6.09. The van der Waals surface area contributed by atoms with Crippen LogP contribution in [-0.4, -0.2) is 15.3 Å². The van der Waals surface area contributed by atoms with Gasteiger partial charge in [0.05, 0.1) is 5.52 Å². The first-order valence-electron chi connectivity index (χ1n) is 8.01. The van der Waals surface area contributed by atoms with Crippen molar-refractivity contribution >= 4 is 16.7 Å². The summed E-state index contributed by atoms with van der Waals surface area (Å²) in [4.78, 5) is 0. The number of aromatic nitrogens is 2. The molecular formula is C20H15F2N3O.